The lowest BCUT2D eigenvalue weighted by molar-refractivity contribution is 0.669. The normalized spacial score (nSPS) is 11.7. The van der Waals surface area contributed by atoms with E-state index >= 15 is 0 Å². The van der Waals surface area contributed by atoms with Crippen LogP contribution in [0.2, 0.25) is 0 Å². The third-order valence-electron chi connectivity index (χ3n) is 8.27. The van der Waals surface area contributed by atoms with E-state index in [1.807, 2.05) is 18.2 Å². The molecule has 0 aliphatic rings. The minimum absolute atomic E-state index is 0.617. The first-order valence-corrected chi connectivity index (χ1v) is 14.4. The van der Waals surface area contributed by atoms with E-state index in [9.17, 15) is 0 Å². The van der Waals surface area contributed by atoms with Crippen LogP contribution in [-0.2, 0) is 0 Å². The van der Waals surface area contributed by atoms with E-state index in [1.54, 1.807) is 0 Å². The monoisotopic (exact) mass is 549 g/mol. The van der Waals surface area contributed by atoms with Gasteiger partial charge >= 0.3 is 0 Å². The van der Waals surface area contributed by atoms with Crippen LogP contribution in [0.4, 0.5) is 0 Å². The molecule has 0 aliphatic carbocycles. The summed E-state index contributed by atoms with van der Waals surface area (Å²) >= 11 is 0. The first-order valence-electron chi connectivity index (χ1n) is 14.4. The molecule has 3 heterocycles. The van der Waals surface area contributed by atoms with Gasteiger partial charge in [-0.25, -0.2) is 15.0 Å². The Morgan fingerprint density at radius 1 is 0.372 bits per heavy atom. The standard InChI is InChI=1S/C39H23N3O/c1-2-9-24(10-3-1)25-11-6-13-28(21-25)37-40-38-29-14-7-12-26(22-29)30-15-4-5-16-31(30)27-19-20-34-33(23-27)36-32(39(41-37)42-38)17-8-18-35(36)43-34/h1-23H. The van der Waals surface area contributed by atoms with Gasteiger partial charge in [-0.15, -0.1) is 0 Å². The highest BCUT2D eigenvalue weighted by molar-refractivity contribution is 6.19. The highest BCUT2D eigenvalue weighted by Crippen LogP contribution is 2.36. The van der Waals surface area contributed by atoms with Crippen molar-refractivity contribution in [2.24, 2.45) is 0 Å². The quantitative estimate of drug-likeness (QED) is 0.215. The average Bonchev–Trinajstić information content (AvgIpc) is 3.46. The largest absolute Gasteiger partial charge is 0.456 e. The van der Waals surface area contributed by atoms with Gasteiger partial charge in [0.1, 0.15) is 11.2 Å². The van der Waals surface area contributed by atoms with E-state index in [0.717, 1.165) is 70.9 Å². The summed E-state index contributed by atoms with van der Waals surface area (Å²) in [5.74, 6) is 0.629. The second-order valence-corrected chi connectivity index (χ2v) is 10.9. The molecule has 0 aliphatic heterocycles. The van der Waals surface area contributed by atoms with Crippen LogP contribution in [0.25, 0.3) is 88.1 Å². The fourth-order valence-electron chi connectivity index (χ4n) is 6.22. The van der Waals surface area contributed by atoms with Crippen LogP contribution in [0.15, 0.2) is 144 Å². The third-order valence-corrected chi connectivity index (χ3v) is 8.27. The molecule has 0 N–H and O–H groups in total. The fourth-order valence-corrected chi connectivity index (χ4v) is 6.22. The van der Waals surface area contributed by atoms with Crippen LogP contribution in [0, 0.1) is 0 Å². The minimum atomic E-state index is 0.617. The van der Waals surface area contributed by atoms with Crippen LogP contribution < -0.4 is 0 Å². The molecule has 0 spiro atoms. The highest BCUT2D eigenvalue weighted by Gasteiger charge is 2.14. The van der Waals surface area contributed by atoms with Crippen molar-refractivity contribution in [1.82, 2.24) is 15.0 Å². The molecule has 9 rings (SSSR count). The first kappa shape index (κ1) is 23.8. The molecule has 0 radical (unpaired) electrons. The van der Waals surface area contributed by atoms with Gasteiger partial charge in [0.2, 0.25) is 0 Å². The van der Waals surface area contributed by atoms with E-state index < -0.39 is 0 Å². The Bertz CT molecular complexity index is 2570. The van der Waals surface area contributed by atoms with Gasteiger partial charge in [0.05, 0.1) is 0 Å². The van der Waals surface area contributed by atoms with Crippen molar-refractivity contribution < 1.29 is 4.42 Å². The molecule has 0 saturated heterocycles. The summed E-state index contributed by atoms with van der Waals surface area (Å²) in [5, 5.41) is 8.46. The Balaban J connectivity index is 1.48. The van der Waals surface area contributed by atoms with E-state index in [0.29, 0.717) is 17.1 Å². The van der Waals surface area contributed by atoms with Crippen molar-refractivity contribution in [1.29, 1.82) is 0 Å². The molecule has 3 aromatic heterocycles. The summed E-state index contributed by atoms with van der Waals surface area (Å²) in [7, 11) is 0. The number of rotatable bonds is 2. The second-order valence-electron chi connectivity index (χ2n) is 10.9. The molecule has 4 nitrogen and oxygen atoms in total. The Hall–Kier alpha value is -5.87. The Morgan fingerprint density at radius 2 is 1.05 bits per heavy atom. The van der Waals surface area contributed by atoms with Crippen molar-refractivity contribution in [2.45, 2.75) is 0 Å². The van der Waals surface area contributed by atoms with Gasteiger partial charge in [-0.2, -0.15) is 0 Å². The molecule has 0 fully saturated rings. The summed E-state index contributed by atoms with van der Waals surface area (Å²) < 4.78 is 6.36. The first-order chi connectivity index (χ1) is 21.3. The number of aromatic nitrogens is 3. The molecule has 0 unspecified atom stereocenters. The molecule has 0 atom stereocenters. The van der Waals surface area contributed by atoms with Crippen LogP contribution >= 0.6 is 0 Å². The third kappa shape index (κ3) is 3.88. The Labute approximate surface area is 246 Å². The fraction of sp³-hybridized carbons (Fsp3) is 0. The van der Waals surface area contributed by atoms with Crippen molar-refractivity contribution in [3.63, 3.8) is 0 Å². The zero-order valence-electron chi connectivity index (χ0n) is 23.0. The number of fused-ring (bicyclic) bond motifs is 10. The lowest BCUT2D eigenvalue weighted by Crippen LogP contribution is -1.94. The SMILES string of the molecule is c1ccc(-c2cccc(-c3nc4nc(n3)c3cccc5oc6ccc(cc6c53)c3ccccc3c3cccc4c3)c2)cc1. The van der Waals surface area contributed by atoms with Gasteiger partial charge in [-0.3, -0.25) is 0 Å². The molecular formula is C39H23N3O. The van der Waals surface area contributed by atoms with Gasteiger partial charge in [-0.05, 0) is 63.0 Å². The summed E-state index contributed by atoms with van der Waals surface area (Å²) in [4.78, 5) is 15.3. The lowest BCUT2D eigenvalue weighted by Gasteiger charge is -2.06. The number of nitrogens with zero attached hydrogens (tertiary/aromatic N) is 3. The van der Waals surface area contributed by atoms with Crippen molar-refractivity contribution in [3.8, 4) is 22.5 Å². The number of furan rings is 1. The molecule has 6 bridgehead atoms. The van der Waals surface area contributed by atoms with Gasteiger partial charge in [0.25, 0.3) is 0 Å². The maximum Gasteiger partial charge on any atom is 0.164 e. The summed E-state index contributed by atoms with van der Waals surface area (Å²) in [6.07, 6.45) is 0. The molecule has 0 saturated carbocycles. The lowest BCUT2D eigenvalue weighted by atomic mass is 10.0. The second kappa shape index (κ2) is 9.33. The van der Waals surface area contributed by atoms with Gasteiger partial charge in [0, 0.05) is 27.1 Å². The zero-order chi connectivity index (χ0) is 28.3. The average molecular weight is 550 g/mol. The molecule has 0 amide bonds. The summed E-state index contributed by atoms with van der Waals surface area (Å²) in [6.45, 7) is 0. The predicted molar refractivity (Wildman–Crippen MR) is 177 cm³/mol. The van der Waals surface area contributed by atoms with E-state index in [4.69, 9.17) is 19.4 Å². The van der Waals surface area contributed by atoms with Gasteiger partial charge in [-0.1, -0.05) is 109 Å². The van der Waals surface area contributed by atoms with Crippen molar-refractivity contribution in [2.75, 3.05) is 0 Å². The molecule has 9 aromatic rings. The van der Waals surface area contributed by atoms with Crippen molar-refractivity contribution >= 4 is 65.6 Å². The zero-order valence-corrected chi connectivity index (χ0v) is 23.0. The van der Waals surface area contributed by atoms with Crippen LogP contribution in [0.3, 0.4) is 0 Å². The number of hydrogen-bond donors (Lipinski definition) is 0. The van der Waals surface area contributed by atoms with Crippen LogP contribution in [-0.4, -0.2) is 15.0 Å². The maximum absolute atomic E-state index is 6.36. The van der Waals surface area contributed by atoms with E-state index in [1.165, 1.54) is 0 Å². The molecule has 6 aromatic carbocycles. The Morgan fingerprint density at radius 3 is 1.93 bits per heavy atom. The summed E-state index contributed by atoms with van der Waals surface area (Å²) in [5.41, 5.74) is 6.09. The minimum Gasteiger partial charge on any atom is -0.456 e. The number of benzene rings is 6. The summed E-state index contributed by atoms with van der Waals surface area (Å²) in [6, 6.07) is 48.4. The molecule has 4 heteroatoms. The molecule has 43 heavy (non-hydrogen) atoms. The van der Waals surface area contributed by atoms with Gasteiger partial charge in [0.15, 0.2) is 17.1 Å². The maximum atomic E-state index is 6.36. The van der Waals surface area contributed by atoms with Crippen molar-refractivity contribution in [3.05, 3.63) is 140 Å². The molecule has 200 valence electrons. The van der Waals surface area contributed by atoms with E-state index in [-0.39, 0.29) is 0 Å². The molecular weight excluding hydrogens is 526 g/mol. The Kier molecular flexibility index (Phi) is 5.16. The number of hydrogen-bond acceptors (Lipinski definition) is 4. The van der Waals surface area contributed by atoms with Gasteiger partial charge < -0.3 is 4.42 Å². The van der Waals surface area contributed by atoms with E-state index in [2.05, 4.69) is 121 Å². The topological polar surface area (TPSA) is 51.8 Å². The highest BCUT2D eigenvalue weighted by atomic mass is 16.3. The van der Waals surface area contributed by atoms with Crippen LogP contribution in [0.5, 0.6) is 0 Å². The smallest absolute Gasteiger partial charge is 0.164 e. The van der Waals surface area contributed by atoms with Crippen LogP contribution in [0.1, 0.15) is 0 Å². The predicted octanol–water partition coefficient (Wildman–Crippen LogP) is 10.3.